The van der Waals surface area contributed by atoms with E-state index in [0.717, 1.165) is 24.1 Å². The first kappa shape index (κ1) is 29.7. The highest BCUT2D eigenvalue weighted by molar-refractivity contribution is 5.76. The summed E-state index contributed by atoms with van der Waals surface area (Å²) in [5.74, 6) is 6.92. The summed E-state index contributed by atoms with van der Waals surface area (Å²) >= 11 is 0. The lowest BCUT2D eigenvalue weighted by Crippen LogP contribution is -2.54. The van der Waals surface area contributed by atoms with Crippen molar-refractivity contribution in [1.82, 2.24) is 14.5 Å². The zero-order valence-corrected chi connectivity index (χ0v) is 22.8. The third-order valence-corrected chi connectivity index (χ3v) is 7.51. The second kappa shape index (κ2) is 11.5. The molecule has 1 saturated carbocycles. The number of aliphatic hydroxyl groups is 1. The third kappa shape index (κ3) is 6.08. The highest BCUT2D eigenvalue weighted by Crippen LogP contribution is 2.36. The van der Waals surface area contributed by atoms with E-state index < -0.39 is 23.0 Å². The Bertz CT molecular complexity index is 1150. The molecule has 1 saturated heterocycles. The molecule has 38 heavy (non-hydrogen) atoms. The molecule has 4 rings (SSSR count). The number of halogens is 3. The molecule has 5 N–H and O–H groups in total. The number of hydrogen-bond donors (Lipinski definition) is 3. The van der Waals surface area contributed by atoms with Crippen LogP contribution in [0.1, 0.15) is 64.1 Å². The first-order chi connectivity index (χ1) is 17.8. The summed E-state index contributed by atoms with van der Waals surface area (Å²) in [4.78, 5) is 21.1. The van der Waals surface area contributed by atoms with Gasteiger partial charge in [-0.2, -0.15) is 18.2 Å². The Balaban J connectivity index is 0.00000195. The highest BCUT2D eigenvalue weighted by atomic mass is 19.4. The van der Waals surface area contributed by atoms with Gasteiger partial charge in [-0.05, 0) is 50.8 Å². The molecular weight excluding hydrogens is 499 g/mol. The first-order valence-corrected chi connectivity index (χ1v) is 13.1. The van der Waals surface area contributed by atoms with Crippen molar-refractivity contribution < 1.29 is 18.3 Å². The molecule has 1 aromatic carbocycles. The maximum absolute atomic E-state index is 12.9. The van der Waals surface area contributed by atoms with E-state index in [1.54, 1.807) is 7.05 Å². The predicted molar refractivity (Wildman–Crippen MR) is 144 cm³/mol. The van der Waals surface area contributed by atoms with E-state index in [2.05, 4.69) is 9.88 Å². The van der Waals surface area contributed by atoms with E-state index in [9.17, 15) is 23.1 Å². The van der Waals surface area contributed by atoms with Crippen LogP contribution in [0.5, 0.6) is 0 Å². The van der Waals surface area contributed by atoms with Crippen LogP contribution in [0.25, 0.3) is 0 Å². The molecule has 1 aromatic heterocycles. The maximum atomic E-state index is 12.9. The van der Waals surface area contributed by atoms with Gasteiger partial charge in [0.25, 0.3) is 0 Å². The van der Waals surface area contributed by atoms with Gasteiger partial charge in [-0.25, -0.2) is 10.6 Å². The molecule has 9 nitrogen and oxygen atoms in total. The molecule has 2 aromatic rings. The minimum atomic E-state index is -4.37. The number of nitrogens with zero attached hydrogens (tertiary/aromatic N) is 5. The van der Waals surface area contributed by atoms with Crippen molar-refractivity contribution in [2.45, 2.75) is 70.8 Å². The van der Waals surface area contributed by atoms with Crippen LogP contribution in [-0.2, 0) is 13.2 Å². The average molecular weight is 540 g/mol. The van der Waals surface area contributed by atoms with Gasteiger partial charge in [0.05, 0.1) is 17.7 Å². The van der Waals surface area contributed by atoms with Gasteiger partial charge in [-0.15, -0.1) is 0 Å². The summed E-state index contributed by atoms with van der Waals surface area (Å²) in [6, 6.07) is 5.08. The van der Waals surface area contributed by atoms with Crippen molar-refractivity contribution in [1.29, 1.82) is 0 Å². The van der Waals surface area contributed by atoms with Crippen molar-refractivity contribution in [3.8, 4) is 0 Å². The molecule has 2 unspecified atom stereocenters. The lowest BCUT2D eigenvalue weighted by molar-refractivity contribution is -0.137. The lowest BCUT2D eigenvalue weighted by atomic mass is 9.80. The number of rotatable bonds is 6. The fourth-order valence-electron chi connectivity index (χ4n) is 5.11. The Labute approximate surface area is 221 Å². The SMILES string of the molecule is CC.CC(c1ccc(C(F)(F)F)cc1)N1CCN(c2nc(=O)n(C)c(N(N)CC3(O)CCC3)c2N)C(C)C1. The molecule has 1 aliphatic carbocycles. The molecule has 2 heterocycles. The number of alkyl halides is 3. The van der Waals surface area contributed by atoms with Gasteiger partial charge < -0.3 is 15.7 Å². The van der Waals surface area contributed by atoms with Crippen LogP contribution in [0, 0.1) is 0 Å². The molecule has 0 radical (unpaired) electrons. The molecule has 2 atom stereocenters. The Kier molecular flexibility index (Phi) is 9.00. The monoisotopic (exact) mass is 539 g/mol. The van der Waals surface area contributed by atoms with Gasteiger partial charge >= 0.3 is 11.9 Å². The minimum Gasteiger partial charge on any atom is -0.393 e. The van der Waals surface area contributed by atoms with Gasteiger partial charge in [0.2, 0.25) is 0 Å². The summed E-state index contributed by atoms with van der Waals surface area (Å²) in [7, 11) is 1.54. The van der Waals surface area contributed by atoms with Crippen molar-refractivity contribution in [2.24, 2.45) is 12.9 Å². The summed E-state index contributed by atoms with van der Waals surface area (Å²) in [5.41, 5.74) is 5.48. The summed E-state index contributed by atoms with van der Waals surface area (Å²) in [6.07, 6.45) is -2.16. The normalized spacial score (nSPS) is 20.3. The van der Waals surface area contributed by atoms with Crippen molar-refractivity contribution in [3.05, 3.63) is 45.9 Å². The fraction of sp³-hybridized carbons (Fsp3) is 0.615. The summed E-state index contributed by atoms with van der Waals surface area (Å²) in [6.45, 7) is 9.82. The molecule has 0 spiro atoms. The van der Waals surface area contributed by atoms with E-state index in [1.165, 1.54) is 21.7 Å². The van der Waals surface area contributed by atoms with Crippen molar-refractivity contribution in [3.63, 3.8) is 0 Å². The number of hydrogen-bond acceptors (Lipinski definition) is 8. The van der Waals surface area contributed by atoms with Gasteiger partial charge in [-0.1, -0.05) is 26.0 Å². The third-order valence-electron chi connectivity index (χ3n) is 7.51. The lowest BCUT2D eigenvalue weighted by Gasteiger charge is -2.44. The number of nitrogen functional groups attached to an aromatic ring is 1. The number of piperazine rings is 1. The smallest absolute Gasteiger partial charge is 0.393 e. The van der Waals surface area contributed by atoms with Crippen molar-refractivity contribution in [2.75, 3.05) is 41.8 Å². The van der Waals surface area contributed by atoms with E-state index in [4.69, 9.17) is 11.6 Å². The van der Waals surface area contributed by atoms with Gasteiger partial charge in [0.15, 0.2) is 11.6 Å². The van der Waals surface area contributed by atoms with Gasteiger partial charge in [0, 0.05) is 38.8 Å². The topological polar surface area (TPSA) is 117 Å². The molecule has 0 amide bonds. The molecule has 212 valence electrons. The zero-order valence-electron chi connectivity index (χ0n) is 22.8. The molecule has 12 heteroatoms. The van der Waals surface area contributed by atoms with Crippen LogP contribution >= 0.6 is 0 Å². The standard InChI is InChI=1S/C24H34F3N7O2.C2H6/c1-15-13-32(16(2)17-5-7-18(8-6-17)24(25,26)27)11-12-33(15)20-19(28)21(31(3)22(35)30-20)34(29)14-23(36)9-4-10-23;1-2/h5-8,15-16,36H,4,9-14,28-29H2,1-3H3;1-2H3. The number of nitrogens with two attached hydrogens (primary N) is 2. The Hall–Kier alpha value is -2.83. The number of benzene rings is 1. The van der Waals surface area contributed by atoms with E-state index in [0.29, 0.717) is 44.1 Å². The minimum absolute atomic E-state index is 0.0764. The molecule has 2 fully saturated rings. The van der Waals surface area contributed by atoms with Crippen LogP contribution in [0.2, 0.25) is 0 Å². The van der Waals surface area contributed by atoms with Crippen LogP contribution in [0.3, 0.4) is 0 Å². The second-order valence-corrected chi connectivity index (χ2v) is 10.1. The Morgan fingerprint density at radius 3 is 2.32 bits per heavy atom. The maximum Gasteiger partial charge on any atom is 0.416 e. The Morgan fingerprint density at radius 1 is 1.21 bits per heavy atom. The number of hydrazine groups is 1. The second-order valence-electron chi connectivity index (χ2n) is 10.1. The molecular formula is C26H40F3N7O2. The van der Waals surface area contributed by atoms with Crippen LogP contribution < -0.4 is 27.2 Å². The van der Waals surface area contributed by atoms with E-state index in [1.807, 2.05) is 32.6 Å². The fourth-order valence-corrected chi connectivity index (χ4v) is 5.11. The van der Waals surface area contributed by atoms with Crippen LogP contribution in [0.4, 0.5) is 30.5 Å². The number of anilines is 3. The first-order valence-electron chi connectivity index (χ1n) is 13.1. The predicted octanol–water partition coefficient (Wildman–Crippen LogP) is 3.27. The van der Waals surface area contributed by atoms with Crippen molar-refractivity contribution >= 4 is 17.3 Å². The number of aromatic nitrogens is 2. The quantitative estimate of drug-likeness (QED) is 0.378. The molecule has 0 bridgehead atoms. The molecule has 2 aliphatic rings. The zero-order chi connectivity index (χ0) is 28.4. The highest BCUT2D eigenvalue weighted by Gasteiger charge is 2.38. The van der Waals surface area contributed by atoms with E-state index in [-0.39, 0.29) is 24.3 Å². The van der Waals surface area contributed by atoms with Crippen LogP contribution in [-0.4, -0.2) is 57.4 Å². The summed E-state index contributed by atoms with van der Waals surface area (Å²) in [5, 5.41) is 11.9. The van der Waals surface area contributed by atoms with E-state index >= 15 is 0 Å². The van der Waals surface area contributed by atoms with Crippen LogP contribution in [0.15, 0.2) is 29.1 Å². The van der Waals surface area contributed by atoms with Gasteiger partial charge in [-0.3, -0.25) is 14.5 Å². The average Bonchev–Trinajstić information content (AvgIpc) is 2.86. The molecule has 1 aliphatic heterocycles. The van der Waals surface area contributed by atoms with Gasteiger partial charge in [0.1, 0.15) is 5.69 Å². The largest absolute Gasteiger partial charge is 0.416 e. The Morgan fingerprint density at radius 2 is 1.82 bits per heavy atom. The summed E-state index contributed by atoms with van der Waals surface area (Å²) < 4.78 is 40.0.